The zero-order valence-electron chi connectivity index (χ0n) is 11.8. The van der Waals surface area contributed by atoms with Crippen molar-refractivity contribution < 1.29 is 34.4 Å². The van der Waals surface area contributed by atoms with Crippen LogP contribution in [-0.4, -0.2) is 96.0 Å². The van der Waals surface area contributed by atoms with Gasteiger partial charge >= 0.3 is 0 Å². The van der Waals surface area contributed by atoms with Crippen LogP contribution in [0.25, 0.3) is 0 Å². The van der Waals surface area contributed by atoms with E-state index in [0.717, 1.165) is 0 Å². The van der Waals surface area contributed by atoms with Gasteiger partial charge in [-0.2, -0.15) is 0 Å². The van der Waals surface area contributed by atoms with Gasteiger partial charge in [-0.15, -0.1) is 6.42 Å². The average Bonchev–Trinajstić information content (AvgIpc) is 2.38. The molecule has 1 rings (SSSR count). The number of aliphatic hydroxyl groups is 4. The van der Waals surface area contributed by atoms with Crippen molar-refractivity contribution in [2.75, 3.05) is 40.4 Å². The monoisotopic (exact) mass is 290 g/mol. The Morgan fingerprint density at radius 2 is 1.85 bits per heavy atom. The molecular weight excluding hydrogens is 266 g/mol. The Morgan fingerprint density at radius 1 is 1.20 bits per heavy atom. The first-order valence-corrected chi connectivity index (χ1v) is 6.50. The highest BCUT2D eigenvalue weighted by atomic mass is 16.7. The lowest BCUT2D eigenvalue weighted by atomic mass is 9.99. The average molecular weight is 290 g/mol. The van der Waals surface area contributed by atoms with Crippen LogP contribution in [0.2, 0.25) is 0 Å². The highest BCUT2D eigenvalue weighted by Crippen LogP contribution is 2.21. The predicted octanol–water partition coefficient (Wildman–Crippen LogP) is -2.49. The van der Waals surface area contributed by atoms with Crippen molar-refractivity contribution in [1.82, 2.24) is 0 Å². The smallest absolute Gasteiger partial charge is 0.186 e. The van der Waals surface area contributed by atoms with Gasteiger partial charge in [-0.1, -0.05) is 0 Å². The second-order valence-electron chi connectivity index (χ2n) is 5.59. The van der Waals surface area contributed by atoms with Crippen LogP contribution in [0.3, 0.4) is 0 Å². The van der Waals surface area contributed by atoms with Gasteiger partial charge in [0.1, 0.15) is 37.5 Å². The number of nitrogens with zero attached hydrogens (tertiary/aromatic N) is 1. The van der Waals surface area contributed by atoms with E-state index in [2.05, 4.69) is 5.92 Å². The Balaban J connectivity index is 2.49. The third-order valence-corrected chi connectivity index (χ3v) is 3.35. The summed E-state index contributed by atoms with van der Waals surface area (Å²) in [7, 11) is 3.88. The first-order chi connectivity index (χ1) is 9.32. The van der Waals surface area contributed by atoms with Crippen LogP contribution >= 0.6 is 0 Å². The third kappa shape index (κ3) is 4.40. The Morgan fingerprint density at radius 3 is 2.40 bits per heavy atom. The summed E-state index contributed by atoms with van der Waals surface area (Å²) in [6.45, 7) is 0.929. The second kappa shape index (κ2) is 7.33. The lowest BCUT2D eigenvalue weighted by molar-refractivity contribution is -0.883. The molecule has 0 saturated carbocycles. The Bertz CT molecular complexity index is 340. The molecule has 1 aliphatic heterocycles. The molecule has 3 unspecified atom stereocenters. The van der Waals surface area contributed by atoms with E-state index in [0.29, 0.717) is 17.6 Å². The zero-order chi connectivity index (χ0) is 15.3. The van der Waals surface area contributed by atoms with E-state index in [-0.39, 0.29) is 6.61 Å². The highest BCUT2D eigenvalue weighted by Gasteiger charge is 2.44. The molecule has 0 aromatic rings. The van der Waals surface area contributed by atoms with Crippen molar-refractivity contribution in [2.45, 2.75) is 30.7 Å². The van der Waals surface area contributed by atoms with Crippen LogP contribution in [0.4, 0.5) is 0 Å². The lowest BCUT2D eigenvalue weighted by Gasteiger charge is -2.39. The molecule has 1 heterocycles. The van der Waals surface area contributed by atoms with E-state index in [1.807, 2.05) is 14.1 Å². The standard InChI is InChI=1S/C13H24NO6/c1-4-5-14(2,3)6-7-19-13-12(18)11(17)10(16)9(8-15)20-13/h1,9-13,15-18H,5-8H2,2-3H3/q+1/t9?,10-,11?,12-,13?/m1/s1. The fourth-order valence-corrected chi connectivity index (χ4v) is 1.95. The Hall–Kier alpha value is -0.720. The van der Waals surface area contributed by atoms with Crippen molar-refractivity contribution in [3.05, 3.63) is 0 Å². The van der Waals surface area contributed by atoms with Crippen molar-refractivity contribution in [1.29, 1.82) is 0 Å². The molecule has 7 heteroatoms. The molecule has 0 aromatic heterocycles. The molecule has 0 aliphatic carbocycles. The van der Waals surface area contributed by atoms with E-state index in [1.165, 1.54) is 0 Å². The summed E-state index contributed by atoms with van der Waals surface area (Å²) in [5.74, 6) is 2.56. The van der Waals surface area contributed by atoms with E-state index >= 15 is 0 Å². The topological polar surface area (TPSA) is 99.4 Å². The molecule has 4 N–H and O–H groups in total. The maximum absolute atomic E-state index is 9.77. The molecule has 7 nitrogen and oxygen atoms in total. The second-order valence-corrected chi connectivity index (χ2v) is 5.59. The lowest BCUT2D eigenvalue weighted by Crippen LogP contribution is -2.59. The largest absolute Gasteiger partial charge is 0.394 e. The minimum absolute atomic E-state index is 0.261. The van der Waals surface area contributed by atoms with E-state index < -0.39 is 37.3 Å². The third-order valence-electron chi connectivity index (χ3n) is 3.35. The van der Waals surface area contributed by atoms with Gasteiger partial charge in [0, 0.05) is 0 Å². The normalized spacial score (nSPS) is 34.8. The van der Waals surface area contributed by atoms with Gasteiger partial charge in [-0.05, 0) is 5.92 Å². The highest BCUT2D eigenvalue weighted by molar-refractivity contribution is 4.88. The summed E-state index contributed by atoms with van der Waals surface area (Å²) < 4.78 is 11.2. The van der Waals surface area contributed by atoms with Crippen LogP contribution in [-0.2, 0) is 9.47 Å². The molecule has 0 bridgehead atoms. The van der Waals surface area contributed by atoms with Crippen LogP contribution in [0.1, 0.15) is 0 Å². The molecular formula is C13H24NO6+. The summed E-state index contributed by atoms with van der Waals surface area (Å²) >= 11 is 0. The molecule has 1 aliphatic rings. The summed E-state index contributed by atoms with van der Waals surface area (Å²) in [5.41, 5.74) is 0. The molecule has 0 spiro atoms. The van der Waals surface area contributed by atoms with Crippen molar-refractivity contribution in [3.63, 3.8) is 0 Å². The molecule has 1 saturated heterocycles. The van der Waals surface area contributed by atoms with Crippen LogP contribution < -0.4 is 0 Å². The summed E-state index contributed by atoms with van der Waals surface area (Å²) in [5, 5.41) is 38.1. The molecule has 0 amide bonds. The van der Waals surface area contributed by atoms with E-state index in [1.54, 1.807) is 0 Å². The van der Waals surface area contributed by atoms with Gasteiger partial charge in [0.05, 0.1) is 27.3 Å². The van der Waals surface area contributed by atoms with Gasteiger partial charge in [-0.25, -0.2) is 0 Å². The van der Waals surface area contributed by atoms with Crippen molar-refractivity contribution >= 4 is 0 Å². The van der Waals surface area contributed by atoms with Crippen molar-refractivity contribution in [2.24, 2.45) is 0 Å². The fourth-order valence-electron chi connectivity index (χ4n) is 1.95. The summed E-state index contributed by atoms with van der Waals surface area (Å²) in [6.07, 6.45) is -0.932. The van der Waals surface area contributed by atoms with E-state index in [9.17, 15) is 15.3 Å². The molecule has 1 fully saturated rings. The van der Waals surface area contributed by atoms with Crippen LogP contribution in [0.15, 0.2) is 0 Å². The number of quaternary nitrogens is 1. The molecule has 0 radical (unpaired) electrons. The molecule has 20 heavy (non-hydrogen) atoms. The number of terminal acetylenes is 1. The van der Waals surface area contributed by atoms with Crippen LogP contribution in [0, 0.1) is 12.3 Å². The quantitative estimate of drug-likeness (QED) is 0.319. The van der Waals surface area contributed by atoms with Gasteiger partial charge < -0.3 is 34.4 Å². The Kier molecular flexibility index (Phi) is 6.36. The fraction of sp³-hybridized carbons (Fsp3) is 0.846. The number of rotatable bonds is 6. The van der Waals surface area contributed by atoms with Gasteiger partial charge in [-0.3, -0.25) is 0 Å². The van der Waals surface area contributed by atoms with Gasteiger partial charge in [0.25, 0.3) is 0 Å². The summed E-state index contributed by atoms with van der Waals surface area (Å²) in [4.78, 5) is 0. The number of aliphatic hydroxyl groups excluding tert-OH is 4. The maximum Gasteiger partial charge on any atom is 0.186 e. The van der Waals surface area contributed by atoms with E-state index in [4.69, 9.17) is 21.0 Å². The van der Waals surface area contributed by atoms with Gasteiger partial charge in [0.15, 0.2) is 6.29 Å². The zero-order valence-corrected chi connectivity index (χ0v) is 11.8. The van der Waals surface area contributed by atoms with Crippen molar-refractivity contribution in [3.8, 4) is 12.3 Å². The van der Waals surface area contributed by atoms with Crippen LogP contribution in [0.5, 0.6) is 0 Å². The maximum atomic E-state index is 9.77. The first-order valence-electron chi connectivity index (χ1n) is 6.50. The number of likely N-dealkylation sites (N-methyl/N-ethyl adjacent to an activating group) is 1. The minimum Gasteiger partial charge on any atom is -0.394 e. The number of hydrogen-bond donors (Lipinski definition) is 4. The molecule has 0 aromatic carbocycles. The SMILES string of the molecule is C#CC[N+](C)(C)CCOC1OC(CO)[C@@H](O)C(O)[C@H]1O. The minimum atomic E-state index is -1.42. The Labute approximate surface area is 118 Å². The number of ether oxygens (including phenoxy) is 2. The molecule has 116 valence electrons. The first kappa shape index (κ1) is 17.3. The van der Waals surface area contributed by atoms with Gasteiger partial charge in [0.2, 0.25) is 0 Å². The predicted molar refractivity (Wildman–Crippen MR) is 70.4 cm³/mol. The number of hydrogen-bond acceptors (Lipinski definition) is 6. The molecule has 5 atom stereocenters. The summed E-state index contributed by atoms with van der Waals surface area (Å²) in [6, 6.07) is 0.